The van der Waals surface area contributed by atoms with Crippen molar-refractivity contribution >= 4 is 15.3 Å². The number of hydrogen-bond donors (Lipinski definition) is 3. The molecule has 0 aliphatic rings. The molecule has 6 nitrogen and oxygen atoms in total. The zero-order valence-corrected chi connectivity index (χ0v) is 10.0. The van der Waals surface area contributed by atoms with Crippen LogP contribution < -0.4 is 5.73 Å². The third kappa shape index (κ3) is 2.84. The van der Waals surface area contributed by atoms with E-state index in [1.807, 2.05) is 20.0 Å². The van der Waals surface area contributed by atoms with Gasteiger partial charge in [0.1, 0.15) is 0 Å². The van der Waals surface area contributed by atoms with Gasteiger partial charge in [-0.3, -0.25) is 0 Å². The van der Waals surface area contributed by atoms with Gasteiger partial charge in [-0.25, -0.2) is 0 Å². The van der Waals surface area contributed by atoms with E-state index in [2.05, 4.69) is 10.3 Å². The molecule has 4 N–H and O–H groups in total. The monoisotopic (exact) mass is 224 g/mol. The van der Waals surface area contributed by atoms with E-state index in [-0.39, 0.29) is 18.5 Å². The summed E-state index contributed by atoms with van der Waals surface area (Å²) >= 11 is 0. The van der Waals surface area contributed by atoms with Gasteiger partial charge in [-0.2, -0.15) is 0 Å². The Kier molecular flexibility index (Phi) is 3.77. The van der Waals surface area contributed by atoms with Crippen molar-refractivity contribution in [2.75, 3.05) is 13.2 Å². The van der Waals surface area contributed by atoms with Crippen LogP contribution in [0, 0.1) is 0 Å². The largest absolute Gasteiger partial charge is 0.395 e. The van der Waals surface area contributed by atoms with Gasteiger partial charge in [-0.1, -0.05) is 19.1 Å². The Hall–Kier alpha value is -0.850. The molecule has 1 aromatic rings. The van der Waals surface area contributed by atoms with E-state index in [0.29, 0.717) is 7.28 Å². The lowest BCUT2D eigenvalue weighted by Gasteiger charge is -2.32. The number of rotatable bonds is 5. The van der Waals surface area contributed by atoms with Gasteiger partial charge in [0.15, 0.2) is 7.28 Å². The Morgan fingerprint density at radius 3 is 2.44 bits per heavy atom. The van der Waals surface area contributed by atoms with Crippen molar-refractivity contribution in [3.05, 3.63) is 11.9 Å². The minimum absolute atomic E-state index is 0.257. The molecule has 0 atom stereocenters. The van der Waals surface area contributed by atoms with Gasteiger partial charge in [-0.05, 0) is 5.31 Å². The van der Waals surface area contributed by atoms with E-state index < -0.39 is 5.44 Å². The minimum atomic E-state index is -0.985. The van der Waals surface area contributed by atoms with E-state index in [1.54, 1.807) is 12.6 Å². The molecule has 1 aromatic heterocycles. The van der Waals surface area contributed by atoms with Crippen molar-refractivity contribution in [2.45, 2.75) is 24.6 Å². The molecule has 1 rings (SSSR count). The number of aliphatic hydroxyl groups is 2. The lowest BCUT2D eigenvalue weighted by molar-refractivity contribution is 0.167. The quantitative estimate of drug-likeness (QED) is 0.462. The second-order valence-corrected chi connectivity index (χ2v) is 5.02. The highest BCUT2D eigenvalue weighted by atomic mass is 16.3. The van der Waals surface area contributed by atoms with Crippen LogP contribution in [-0.4, -0.2) is 59.0 Å². The van der Waals surface area contributed by atoms with E-state index >= 15 is 0 Å². The van der Waals surface area contributed by atoms with E-state index in [4.69, 9.17) is 5.73 Å². The summed E-state index contributed by atoms with van der Waals surface area (Å²) < 4.78 is 1.62. The molecule has 88 valence electrons. The summed E-state index contributed by atoms with van der Waals surface area (Å²) in [6.07, 6.45) is 1.81. The third-order valence-corrected chi connectivity index (χ3v) is 2.72. The van der Waals surface area contributed by atoms with Crippen LogP contribution in [0.5, 0.6) is 0 Å². The van der Waals surface area contributed by atoms with E-state index in [0.717, 1.165) is 5.69 Å². The first-order valence-electron chi connectivity index (χ1n) is 5.20. The van der Waals surface area contributed by atoms with Crippen molar-refractivity contribution in [3.8, 4) is 0 Å². The predicted molar refractivity (Wildman–Crippen MR) is 65.2 cm³/mol. The van der Waals surface area contributed by atoms with Gasteiger partial charge in [-0.15, -0.1) is 5.10 Å². The van der Waals surface area contributed by atoms with Crippen molar-refractivity contribution < 1.29 is 10.2 Å². The molecule has 0 aliphatic heterocycles. The van der Waals surface area contributed by atoms with E-state index in [9.17, 15) is 10.2 Å². The van der Waals surface area contributed by atoms with Gasteiger partial charge < -0.3 is 20.5 Å². The fraction of sp³-hybridized carbons (Fsp3) is 0.750. The molecule has 16 heavy (non-hydrogen) atoms. The molecule has 0 aromatic carbocycles. The molecule has 0 amide bonds. The lowest BCUT2D eigenvalue weighted by atomic mass is 9.43. The molecule has 0 bridgehead atoms. The average Bonchev–Trinajstić information content (AvgIpc) is 2.65. The van der Waals surface area contributed by atoms with Crippen LogP contribution in [0.25, 0.3) is 0 Å². The van der Waals surface area contributed by atoms with Crippen molar-refractivity contribution in [2.24, 2.45) is 5.73 Å². The third-order valence-electron chi connectivity index (χ3n) is 2.72. The molecular weight excluding hydrogens is 206 g/mol. The van der Waals surface area contributed by atoms with Crippen LogP contribution in [0.15, 0.2) is 6.20 Å². The molecule has 1 heterocycles. The number of hydrogen-bond acceptors (Lipinski definition) is 5. The average molecular weight is 224 g/mol. The van der Waals surface area contributed by atoms with Crippen LogP contribution in [-0.2, 0) is 5.31 Å². The Morgan fingerprint density at radius 2 is 2.06 bits per heavy atom. The van der Waals surface area contributed by atoms with Gasteiger partial charge in [0.05, 0.1) is 18.9 Å². The second kappa shape index (κ2) is 4.57. The zero-order valence-electron chi connectivity index (χ0n) is 10.0. The smallest absolute Gasteiger partial charge is 0.251 e. The predicted octanol–water partition coefficient (Wildman–Crippen LogP) is -3.01. The van der Waals surface area contributed by atoms with Gasteiger partial charge >= 0.3 is 0 Å². The normalized spacial score (nSPS) is 12.8. The van der Waals surface area contributed by atoms with Gasteiger partial charge in [0.25, 0.3) is 7.98 Å². The minimum Gasteiger partial charge on any atom is -0.395 e. The zero-order chi connectivity index (χ0) is 12.4. The van der Waals surface area contributed by atoms with Crippen LogP contribution >= 0.6 is 0 Å². The van der Waals surface area contributed by atoms with Crippen LogP contribution in [0.3, 0.4) is 0 Å². The van der Waals surface area contributed by atoms with Crippen molar-refractivity contribution in [3.63, 3.8) is 0 Å². The van der Waals surface area contributed by atoms with Gasteiger partial charge in [0.2, 0.25) is 0 Å². The molecule has 0 aliphatic carbocycles. The maximum atomic E-state index is 9.17. The molecular formula is C8H18B2N4O2. The lowest BCUT2D eigenvalue weighted by Crippen LogP contribution is -2.58. The molecule has 8 heteroatoms. The maximum absolute atomic E-state index is 9.17. The first-order valence-corrected chi connectivity index (χ1v) is 5.20. The van der Waals surface area contributed by atoms with Crippen LogP contribution in [0.1, 0.15) is 19.5 Å². The Labute approximate surface area is 96.5 Å². The van der Waals surface area contributed by atoms with Crippen LogP contribution in [0.4, 0.5) is 0 Å². The summed E-state index contributed by atoms with van der Waals surface area (Å²) in [6, 6.07) is 0. The fourth-order valence-corrected chi connectivity index (χ4v) is 1.79. The SMILES string of the molecule is Bn1cc(C(C)(C)BC(N)(CO)CO)nn1. The molecule has 0 saturated heterocycles. The topological polar surface area (TPSA) is 97.2 Å². The fourth-order valence-electron chi connectivity index (χ4n) is 1.79. The standard InChI is InChI=1S/C8H18B2N4O2/c1-7(2,6-3-14(9)13-12-6)10-8(11,4-15)5-16/h3,10,15-16H,4-5,9,11H2,1-2H3. The van der Waals surface area contributed by atoms with Crippen LogP contribution in [0.2, 0.25) is 0 Å². The first-order chi connectivity index (χ1) is 7.33. The summed E-state index contributed by atoms with van der Waals surface area (Å²) in [6.45, 7) is 3.41. The van der Waals surface area contributed by atoms with E-state index in [1.165, 1.54) is 0 Å². The Morgan fingerprint density at radius 1 is 1.50 bits per heavy atom. The summed E-state index contributed by atoms with van der Waals surface area (Å²) in [7, 11) is 2.23. The summed E-state index contributed by atoms with van der Waals surface area (Å²) in [5.41, 5.74) is 5.68. The molecule has 0 fully saturated rings. The number of nitrogens with zero attached hydrogens (tertiary/aromatic N) is 3. The highest BCUT2D eigenvalue weighted by Gasteiger charge is 2.36. The number of nitrogens with two attached hydrogens (primary N) is 1. The number of aliphatic hydroxyl groups excluding tert-OH is 2. The molecule has 0 radical (unpaired) electrons. The molecule has 0 unspecified atom stereocenters. The summed E-state index contributed by atoms with van der Waals surface area (Å²) in [5, 5.41) is 25.9. The second-order valence-electron chi connectivity index (χ2n) is 5.02. The molecule has 0 saturated carbocycles. The highest BCUT2D eigenvalue weighted by molar-refractivity contribution is 6.44. The van der Waals surface area contributed by atoms with Gasteiger partial charge in [0, 0.05) is 11.6 Å². The highest BCUT2D eigenvalue weighted by Crippen LogP contribution is 2.22. The summed E-state index contributed by atoms with van der Waals surface area (Å²) in [5.74, 6) is 0. The molecule has 0 spiro atoms. The number of aromatic nitrogens is 3. The Balaban J connectivity index is 2.86. The Bertz CT molecular complexity index is 352. The van der Waals surface area contributed by atoms with Crippen molar-refractivity contribution in [1.29, 1.82) is 0 Å². The summed E-state index contributed by atoms with van der Waals surface area (Å²) in [4.78, 5) is 0. The van der Waals surface area contributed by atoms with Crippen molar-refractivity contribution in [1.82, 2.24) is 14.9 Å². The first kappa shape index (κ1) is 13.2. The maximum Gasteiger partial charge on any atom is 0.251 e.